The highest BCUT2D eigenvalue weighted by Gasteiger charge is 2.27. The highest BCUT2D eigenvalue weighted by atomic mass is 16.5. The molecule has 0 spiro atoms. The molecule has 1 aliphatic heterocycles. The molecular formula is C9H18O2. The monoisotopic (exact) mass is 158 g/mol. The van der Waals surface area contributed by atoms with E-state index in [-0.39, 0.29) is 6.10 Å². The van der Waals surface area contributed by atoms with Crippen LogP contribution in [0.5, 0.6) is 0 Å². The van der Waals surface area contributed by atoms with Gasteiger partial charge in [-0.05, 0) is 12.3 Å². The Kier molecular flexibility index (Phi) is 3.34. The highest BCUT2D eigenvalue weighted by Crippen LogP contribution is 2.24. The highest BCUT2D eigenvalue weighted by molar-refractivity contribution is 4.76. The summed E-state index contributed by atoms with van der Waals surface area (Å²) in [5.74, 6) is 0.957. The van der Waals surface area contributed by atoms with E-state index >= 15 is 0 Å². The molecule has 1 rings (SSSR count). The summed E-state index contributed by atoms with van der Waals surface area (Å²) in [7, 11) is 0. The van der Waals surface area contributed by atoms with Gasteiger partial charge in [0.15, 0.2) is 0 Å². The van der Waals surface area contributed by atoms with E-state index in [0.29, 0.717) is 11.8 Å². The molecular weight excluding hydrogens is 140 g/mol. The van der Waals surface area contributed by atoms with E-state index in [2.05, 4.69) is 13.8 Å². The van der Waals surface area contributed by atoms with Gasteiger partial charge in [0.2, 0.25) is 0 Å². The van der Waals surface area contributed by atoms with Crippen LogP contribution in [0.1, 0.15) is 26.7 Å². The van der Waals surface area contributed by atoms with Crippen LogP contribution in [-0.4, -0.2) is 24.4 Å². The fourth-order valence-electron chi connectivity index (χ4n) is 1.59. The molecule has 2 nitrogen and oxygen atoms in total. The van der Waals surface area contributed by atoms with Gasteiger partial charge in [0.25, 0.3) is 0 Å². The minimum Gasteiger partial charge on any atom is -0.393 e. The van der Waals surface area contributed by atoms with E-state index in [1.54, 1.807) is 0 Å². The smallest absolute Gasteiger partial charge is 0.0614 e. The molecule has 0 bridgehead atoms. The van der Waals surface area contributed by atoms with Gasteiger partial charge in [-0.25, -0.2) is 0 Å². The van der Waals surface area contributed by atoms with Crippen LogP contribution in [0.15, 0.2) is 0 Å². The van der Waals surface area contributed by atoms with Gasteiger partial charge >= 0.3 is 0 Å². The predicted molar refractivity (Wildman–Crippen MR) is 44.4 cm³/mol. The van der Waals surface area contributed by atoms with Crippen molar-refractivity contribution in [1.29, 1.82) is 0 Å². The molecule has 1 saturated heterocycles. The number of hydrogen-bond acceptors (Lipinski definition) is 2. The van der Waals surface area contributed by atoms with E-state index in [1.165, 1.54) is 0 Å². The lowest BCUT2D eigenvalue weighted by atomic mass is 9.85. The van der Waals surface area contributed by atoms with Crippen molar-refractivity contribution in [2.45, 2.75) is 32.8 Å². The van der Waals surface area contributed by atoms with E-state index in [1.807, 2.05) is 0 Å². The zero-order chi connectivity index (χ0) is 8.27. The fraction of sp³-hybridized carbons (Fsp3) is 1.00. The molecule has 0 saturated carbocycles. The SMILES string of the molecule is CCC(C)C1COCCC1O. The van der Waals surface area contributed by atoms with Gasteiger partial charge in [0, 0.05) is 12.5 Å². The number of ether oxygens (including phenoxy) is 1. The first-order valence-electron chi connectivity index (χ1n) is 4.51. The van der Waals surface area contributed by atoms with Crippen molar-refractivity contribution >= 4 is 0 Å². The Morgan fingerprint density at radius 2 is 2.36 bits per heavy atom. The van der Waals surface area contributed by atoms with E-state index in [9.17, 15) is 5.11 Å². The third-order valence-electron chi connectivity index (χ3n) is 2.74. The molecule has 1 heterocycles. The standard InChI is InChI=1S/C9H18O2/c1-3-7(2)8-6-11-5-4-9(8)10/h7-10H,3-6H2,1-2H3. The third-order valence-corrected chi connectivity index (χ3v) is 2.74. The number of rotatable bonds is 2. The average Bonchev–Trinajstić information content (AvgIpc) is 2.04. The lowest BCUT2D eigenvalue weighted by molar-refractivity contribution is -0.0552. The molecule has 0 aromatic rings. The molecule has 11 heavy (non-hydrogen) atoms. The van der Waals surface area contributed by atoms with Crippen LogP contribution >= 0.6 is 0 Å². The van der Waals surface area contributed by atoms with Crippen LogP contribution in [0.3, 0.4) is 0 Å². The fourth-order valence-corrected chi connectivity index (χ4v) is 1.59. The van der Waals surface area contributed by atoms with Crippen molar-refractivity contribution in [2.24, 2.45) is 11.8 Å². The van der Waals surface area contributed by atoms with Crippen LogP contribution < -0.4 is 0 Å². The number of aliphatic hydroxyl groups is 1. The molecule has 0 aromatic carbocycles. The zero-order valence-corrected chi connectivity index (χ0v) is 7.42. The van der Waals surface area contributed by atoms with E-state index in [4.69, 9.17) is 4.74 Å². The van der Waals surface area contributed by atoms with Crippen LogP contribution in [0.2, 0.25) is 0 Å². The Hall–Kier alpha value is -0.0800. The summed E-state index contributed by atoms with van der Waals surface area (Å²) >= 11 is 0. The summed E-state index contributed by atoms with van der Waals surface area (Å²) in [4.78, 5) is 0. The molecule has 3 atom stereocenters. The molecule has 2 heteroatoms. The zero-order valence-electron chi connectivity index (χ0n) is 7.42. The summed E-state index contributed by atoms with van der Waals surface area (Å²) in [6.45, 7) is 5.82. The lowest BCUT2D eigenvalue weighted by Gasteiger charge is -2.31. The van der Waals surface area contributed by atoms with Gasteiger partial charge in [-0.15, -0.1) is 0 Å². The van der Waals surface area contributed by atoms with Gasteiger partial charge in [-0.3, -0.25) is 0 Å². The maximum atomic E-state index is 9.59. The summed E-state index contributed by atoms with van der Waals surface area (Å²) in [5.41, 5.74) is 0. The van der Waals surface area contributed by atoms with Crippen LogP contribution in [0, 0.1) is 11.8 Å². The van der Waals surface area contributed by atoms with Gasteiger partial charge in [0.05, 0.1) is 12.7 Å². The summed E-state index contributed by atoms with van der Waals surface area (Å²) < 4.78 is 5.32. The molecule has 0 radical (unpaired) electrons. The van der Waals surface area contributed by atoms with Gasteiger partial charge < -0.3 is 9.84 Å². The Morgan fingerprint density at radius 1 is 1.64 bits per heavy atom. The van der Waals surface area contributed by atoms with Gasteiger partial charge in [0.1, 0.15) is 0 Å². The number of aliphatic hydroxyl groups excluding tert-OH is 1. The van der Waals surface area contributed by atoms with Crippen molar-refractivity contribution in [3.8, 4) is 0 Å². The quantitative estimate of drug-likeness (QED) is 0.658. The largest absolute Gasteiger partial charge is 0.393 e. The minimum atomic E-state index is -0.126. The molecule has 0 amide bonds. The van der Waals surface area contributed by atoms with Gasteiger partial charge in [-0.2, -0.15) is 0 Å². The summed E-state index contributed by atoms with van der Waals surface area (Å²) in [5, 5.41) is 9.59. The average molecular weight is 158 g/mol. The van der Waals surface area contributed by atoms with Crippen LogP contribution in [0.25, 0.3) is 0 Å². The summed E-state index contributed by atoms with van der Waals surface area (Å²) in [6.07, 6.45) is 1.82. The number of hydrogen-bond donors (Lipinski definition) is 1. The normalized spacial score (nSPS) is 35.2. The van der Waals surface area contributed by atoms with Crippen molar-refractivity contribution in [2.75, 3.05) is 13.2 Å². The topological polar surface area (TPSA) is 29.5 Å². The summed E-state index contributed by atoms with van der Waals surface area (Å²) in [6, 6.07) is 0. The molecule has 3 unspecified atom stereocenters. The van der Waals surface area contributed by atoms with Crippen LogP contribution in [0.4, 0.5) is 0 Å². The van der Waals surface area contributed by atoms with Crippen LogP contribution in [-0.2, 0) is 4.74 Å². The minimum absolute atomic E-state index is 0.126. The van der Waals surface area contributed by atoms with E-state index in [0.717, 1.165) is 26.1 Å². The van der Waals surface area contributed by atoms with Crippen molar-refractivity contribution in [3.05, 3.63) is 0 Å². The predicted octanol–water partition coefficient (Wildman–Crippen LogP) is 1.43. The first kappa shape index (κ1) is 9.01. The van der Waals surface area contributed by atoms with E-state index < -0.39 is 0 Å². The maximum Gasteiger partial charge on any atom is 0.0614 e. The first-order valence-corrected chi connectivity index (χ1v) is 4.51. The Bertz CT molecular complexity index is 110. The second-order valence-electron chi connectivity index (χ2n) is 3.48. The third kappa shape index (κ3) is 2.17. The first-order chi connectivity index (χ1) is 5.25. The molecule has 1 N–H and O–H groups in total. The van der Waals surface area contributed by atoms with Crippen molar-refractivity contribution < 1.29 is 9.84 Å². The lowest BCUT2D eigenvalue weighted by Crippen LogP contribution is -2.35. The molecule has 0 aromatic heterocycles. The molecule has 1 aliphatic rings. The molecule has 1 fully saturated rings. The maximum absolute atomic E-state index is 9.59. The molecule has 66 valence electrons. The Morgan fingerprint density at radius 3 is 2.91 bits per heavy atom. The Balaban J connectivity index is 2.40. The second-order valence-corrected chi connectivity index (χ2v) is 3.48. The van der Waals surface area contributed by atoms with Crippen molar-refractivity contribution in [1.82, 2.24) is 0 Å². The molecule has 0 aliphatic carbocycles. The van der Waals surface area contributed by atoms with Gasteiger partial charge in [-0.1, -0.05) is 20.3 Å². The Labute approximate surface area is 68.6 Å². The second kappa shape index (κ2) is 4.07. The van der Waals surface area contributed by atoms with Crippen molar-refractivity contribution in [3.63, 3.8) is 0 Å².